The zero-order valence-electron chi connectivity index (χ0n) is 9.24. The summed E-state index contributed by atoms with van der Waals surface area (Å²) in [6.45, 7) is 0.356. The van der Waals surface area contributed by atoms with Gasteiger partial charge in [-0.1, -0.05) is 15.9 Å². The molecule has 0 fully saturated rings. The SMILES string of the molecule is N=C(N)C(F)=CNCCc1c(F)cc(Br)cc1I. The minimum absolute atomic E-state index is 0.299. The molecule has 0 bridgehead atoms. The molecule has 7 heteroatoms. The highest BCUT2D eigenvalue weighted by molar-refractivity contribution is 14.1. The first-order valence-electron chi connectivity index (χ1n) is 4.98. The summed E-state index contributed by atoms with van der Waals surface area (Å²) in [6, 6.07) is 3.20. The minimum Gasteiger partial charge on any atom is -0.388 e. The van der Waals surface area contributed by atoms with Crippen molar-refractivity contribution in [3.8, 4) is 0 Å². The van der Waals surface area contributed by atoms with E-state index < -0.39 is 11.7 Å². The van der Waals surface area contributed by atoms with Crippen LogP contribution in [0.1, 0.15) is 5.56 Å². The number of nitrogens with one attached hydrogen (secondary N) is 2. The molecule has 0 atom stereocenters. The molecular formula is C11H11BrF2IN3. The quantitative estimate of drug-likeness (QED) is 0.291. The number of amidine groups is 1. The van der Waals surface area contributed by atoms with E-state index in [-0.39, 0.29) is 5.82 Å². The van der Waals surface area contributed by atoms with Crippen LogP contribution in [0.4, 0.5) is 8.78 Å². The maximum absolute atomic E-state index is 13.6. The summed E-state index contributed by atoms with van der Waals surface area (Å²) >= 11 is 5.25. The van der Waals surface area contributed by atoms with Crippen molar-refractivity contribution in [2.75, 3.05) is 6.54 Å². The summed E-state index contributed by atoms with van der Waals surface area (Å²) in [6.07, 6.45) is 1.42. The van der Waals surface area contributed by atoms with E-state index in [0.717, 1.165) is 9.77 Å². The average Bonchev–Trinajstić information content (AvgIpc) is 2.26. The Balaban J connectivity index is 2.60. The van der Waals surface area contributed by atoms with Crippen molar-refractivity contribution >= 4 is 44.4 Å². The number of nitrogens with two attached hydrogens (primary N) is 1. The van der Waals surface area contributed by atoms with Gasteiger partial charge < -0.3 is 11.1 Å². The number of rotatable bonds is 5. The number of hydrogen-bond acceptors (Lipinski definition) is 2. The molecule has 1 rings (SSSR count). The predicted molar refractivity (Wildman–Crippen MR) is 79.6 cm³/mol. The zero-order valence-corrected chi connectivity index (χ0v) is 13.0. The fourth-order valence-electron chi connectivity index (χ4n) is 1.25. The number of benzene rings is 1. The molecule has 98 valence electrons. The third kappa shape index (κ3) is 4.52. The molecular weight excluding hydrogens is 419 g/mol. The number of hydrogen-bond donors (Lipinski definition) is 3. The molecule has 0 aromatic heterocycles. The van der Waals surface area contributed by atoms with Gasteiger partial charge in [0.1, 0.15) is 5.82 Å². The van der Waals surface area contributed by atoms with Gasteiger partial charge in [-0.3, -0.25) is 5.41 Å². The Bertz CT molecular complexity index is 468. The summed E-state index contributed by atoms with van der Waals surface area (Å²) in [5.41, 5.74) is 5.50. The third-order valence-electron chi connectivity index (χ3n) is 2.11. The van der Waals surface area contributed by atoms with Crippen molar-refractivity contribution in [3.05, 3.63) is 43.6 Å². The summed E-state index contributed by atoms with van der Waals surface area (Å²) in [5.74, 6) is -1.76. The largest absolute Gasteiger partial charge is 0.388 e. The van der Waals surface area contributed by atoms with Gasteiger partial charge in [0.05, 0.1) is 0 Å². The van der Waals surface area contributed by atoms with Gasteiger partial charge in [-0.05, 0) is 41.1 Å². The molecule has 0 aliphatic carbocycles. The molecule has 0 unspecified atom stereocenters. The summed E-state index contributed by atoms with van der Waals surface area (Å²) in [5, 5.41) is 9.46. The predicted octanol–water partition coefficient (Wildman–Crippen LogP) is 3.07. The van der Waals surface area contributed by atoms with Crippen LogP contribution in [0.5, 0.6) is 0 Å². The highest BCUT2D eigenvalue weighted by Gasteiger charge is 2.08. The van der Waals surface area contributed by atoms with Gasteiger partial charge in [0.25, 0.3) is 0 Å². The van der Waals surface area contributed by atoms with Crippen LogP contribution in [0.3, 0.4) is 0 Å². The molecule has 0 saturated heterocycles. The van der Waals surface area contributed by atoms with E-state index in [1.807, 2.05) is 28.7 Å². The van der Waals surface area contributed by atoms with Crippen LogP contribution in [0, 0.1) is 14.8 Å². The Labute approximate surface area is 126 Å². The van der Waals surface area contributed by atoms with Gasteiger partial charge in [0.15, 0.2) is 11.7 Å². The van der Waals surface area contributed by atoms with Gasteiger partial charge in [-0.2, -0.15) is 0 Å². The van der Waals surface area contributed by atoms with E-state index in [1.54, 1.807) is 0 Å². The Kier molecular flexibility index (Phi) is 6.00. The number of halogens is 4. The second-order valence-electron chi connectivity index (χ2n) is 3.46. The maximum Gasteiger partial charge on any atom is 0.180 e. The summed E-state index contributed by atoms with van der Waals surface area (Å²) < 4.78 is 27.9. The van der Waals surface area contributed by atoms with Crippen LogP contribution in [0.15, 0.2) is 28.6 Å². The van der Waals surface area contributed by atoms with E-state index in [0.29, 0.717) is 23.0 Å². The second kappa shape index (κ2) is 7.03. The normalized spacial score (nSPS) is 11.4. The van der Waals surface area contributed by atoms with Gasteiger partial charge in [0.2, 0.25) is 0 Å². The van der Waals surface area contributed by atoms with Crippen LogP contribution in [0.25, 0.3) is 0 Å². The van der Waals surface area contributed by atoms with E-state index in [9.17, 15) is 8.78 Å². The average molecular weight is 430 g/mol. The second-order valence-corrected chi connectivity index (χ2v) is 5.54. The van der Waals surface area contributed by atoms with Gasteiger partial charge in [-0.25, -0.2) is 8.78 Å². The third-order valence-corrected chi connectivity index (χ3v) is 3.53. The van der Waals surface area contributed by atoms with E-state index in [4.69, 9.17) is 11.1 Å². The lowest BCUT2D eigenvalue weighted by Crippen LogP contribution is -2.16. The van der Waals surface area contributed by atoms with E-state index in [1.165, 1.54) is 6.07 Å². The molecule has 1 aromatic carbocycles. The summed E-state index contributed by atoms with van der Waals surface area (Å²) in [4.78, 5) is 0. The lowest BCUT2D eigenvalue weighted by molar-refractivity contribution is 0.602. The first kappa shape index (κ1) is 15.4. The van der Waals surface area contributed by atoms with Crippen molar-refractivity contribution in [1.82, 2.24) is 5.32 Å². The fourth-order valence-corrected chi connectivity index (χ4v) is 2.97. The fraction of sp³-hybridized carbons (Fsp3) is 0.182. The Morgan fingerprint density at radius 3 is 2.78 bits per heavy atom. The van der Waals surface area contributed by atoms with Gasteiger partial charge in [0, 0.05) is 26.4 Å². The Morgan fingerprint density at radius 1 is 1.56 bits per heavy atom. The first-order valence-corrected chi connectivity index (χ1v) is 6.86. The van der Waals surface area contributed by atoms with Crippen LogP contribution < -0.4 is 11.1 Å². The molecule has 0 saturated carbocycles. The molecule has 18 heavy (non-hydrogen) atoms. The van der Waals surface area contributed by atoms with Crippen molar-refractivity contribution in [2.24, 2.45) is 5.73 Å². The van der Waals surface area contributed by atoms with Gasteiger partial charge >= 0.3 is 0 Å². The van der Waals surface area contributed by atoms with Crippen molar-refractivity contribution < 1.29 is 8.78 Å². The highest BCUT2D eigenvalue weighted by Crippen LogP contribution is 2.22. The monoisotopic (exact) mass is 429 g/mol. The molecule has 3 nitrogen and oxygen atoms in total. The lowest BCUT2D eigenvalue weighted by atomic mass is 10.1. The molecule has 0 heterocycles. The zero-order chi connectivity index (χ0) is 13.7. The van der Waals surface area contributed by atoms with E-state index in [2.05, 4.69) is 21.2 Å². The Hall–Kier alpha value is -0.700. The van der Waals surface area contributed by atoms with Gasteiger partial charge in [-0.15, -0.1) is 0 Å². The van der Waals surface area contributed by atoms with Crippen LogP contribution >= 0.6 is 38.5 Å². The first-order chi connectivity index (χ1) is 8.41. The Morgan fingerprint density at radius 2 is 2.22 bits per heavy atom. The van der Waals surface area contributed by atoms with Crippen LogP contribution in [-0.2, 0) is 6.42 Å². The molecule has 4 N–H and O–H groups in total. The maximum atomic E-state index is 13.6. The summed E-state index contributed by atoms with van der Waals surface area (Å²) in [7, 11) is 0. The van der Waals surface area contributed by atoms with E-state index >= 15 is 0 Å². The molecule has 0 aliphatic heterocycles. The van der Waals surface area contributed by atoms with Crippen molar-refractivity contribution in [1.29, 1.82) is 5.41 Å². The molecule has 0 radical (unpaired) electrons. The molecule has 0 spiro atoms. The standard InChI is InChI=1S/C11H11BrF2IN3/c12-6-3-8(13)7(10(15)4-6)1-2-18-5-9(14)11(16)17/h3-5,18H,1-2H2,(H3,16,17). The minimum atomic E-state index is -0.832. The molecule has 0 aliphatic rings. The van der Waals surface area contributed by atoms with Crippen molar-refractivity contribution in [2.45, 2.75) is 6.42 Å². The van der Waals surface area contributed by atoms with Crippen molar-refractivity contribution in [3.63, 3.8) is 0 Å². The molecule has 1 aromatic rings. The smallest absolute Gasteiger partial charge is 0.180 e. The van der Waals surface area contributed by atoms with Crippen LogP contribution in [-0.4, -0.2) is 12.4 Å². The molecule has 0 amide bonds. The highest BCUT2D eigenvalue weighted by atomic mass is 127. The lowest BCUT2D eigenvalue weighted by Gasteiger charge is -2.07. The topological polar surface area (TPSA) is 61.9 Å². The van der Waals surface area contributed by atoms with Crippen LogP contribution in [0.2, 0.25) is 0 Å².